The van der Waals surface area contributed by atoms with Gasteiger partial charge in [-0.2, -0.15) is 5.10 Å². The van der Waals surface area contributed by atoms with Gasteiger partial charge in [0.25, 0.3) is 0 Å². The van der Waals surface area contributed by atoms with Crippen molar-refractivity contribution in [2.45, 2.75) is 32.4 Å². The van der Waals surface area contributed by atoms with Crippen molar-refractivity contribution in [3.05, 3.63) is 58.9 Å². The van der Waals surface area contributed by atoms with Crippen molar-refractivity contribution < 1.29 is 4.79 Å². The van der Waals surface area contributed by atoms with Gasteiger partial charge in [-0.3, -0.25) is 9.48 Å². The molecule has 5 nitrogen and oxygen atoms in total. The zero-order valence-electron chi connectivity index (χ0n) is 15.4. The largest absolute Gasteiger partial charge is 0.337 e. The third-order valence-corrected chi connectivity index (χ3v) is 5.05. The van der Waals surface area contributed by atoms with Crippen LogP contribution in [0.1, 0.15) is 35.0 Å². The molecule has 0 saturated carbocycles. The summed E-state index contributed by atoms with van der Waals surface area (Å²) in [7, 11) is 3.84. The molecule has 1 fully saturated rings. The highest BCUT2D eigenvalue weighted by molar-refractivity contribution is 5.80. The highest BCUT2D eigenvalue weighted by Gasteiger charge is 2.40. The Morgan fingerprint density at radius 3 is 2.60 bits per heavy atom. The summed E-state index contributed by atoms with van der Waals surface area (Å²) in [6, 6.07) is 10.4. The van der Waals surface area contributed by atoms with Gasteiger partial charge in [-0.15, -0.1) is 0 Å². The predicted octanol–water partition coefficient (Wildman–Crippen LogP) is 2.61. The zero-order valence-corrected chi connectivity index (χ0v) is 15.4. The standard InChI is InChI=1S/C20H26N4O/c1-14-19(15(2)24(4)22-14)20-17(13-18(25)23(20)3)21-12-8-11-16-9-6-5-7-10-16/h5-11,17,20-21H,12-13H2,1-4H3/b11-8+/t17-,20-/m1/s1. The van der Waals surface area contributed by atoms with Crippen LogP contribution in [0.4, 0.5) is 0 Å². The molecule has 3 rings (SSSR count). The minimum absolute atomic E-state index is 0.0336. The number of carbonyl (C=O) groups is 1. The highest BCUT2D eigenvalue weighted by atomic mass is 16.2. The number of likely N-dealkylation sites (N-methyl/N-ethyl adjacent to an activating group) is 1. The molecule has 5 heteroatoms. The molecule has 1 aromatic carbocycles. The number of benzene rings is 1. The number of nitrogens with zero attached hydrogens (tertiary/aromatic N) is 3. The molecule has 0 aliphatic carbocycles. The van der Waals surface area contributed by atoms with Crippen LogP contribution in [0.3, 0.4) is 0 Å². The van der Waals surface area contributed by atoms with Crippen molar-refractivity contribution >= 4 is 12.0 Å². The Labute approximate surface area is 149 Å². The fourth-order valence-electron chi connectivity index (χ4n) is 3.64. The van der Waals surface area contributed by atoms with E-state index in [0.29, 0.717) is 6.42 Å². The maximum Gasteiger partial charge on any atom is 0.224 e. The molecule has 2 aromatic rings. The Morgan fingerprint density at radius 2 is 1.96 bits per heavy atom. The summed E-state index contributed by atoms with van der Waals surface area (Å²) in [5, 5.41) is 8.06. The Balaban J connectivity index is 1.73. The van der Waals surface area contributed by atoms with Crippen molar-refractivity contribution in [2.75, 3.05) is 13.6 Å². The first-order chi connectivity index (χ1) is 12.0. The number of hydrogen-bond donors (Lipinski definition) is 1. The number of amides is 1. The molecule has 1 aliphatic heterocycles. The van der Waals surface area contributed by atoms with E-state index in [1.54, 1.807) is 0 Å². The fourth-order valence-corrected chi connectivity index (χ4v) is 3.64. The number of aryl methyl sites for hydroxylation is 2. The zero-order chi connectivity index (χ0) is 18.0. The van der Waals surface area contributed by atoms with Gasteiger partial charge in [0.1, 0.15) is 0 Å². The van der Waals surface area contributed by atoms with E-state index in [9.17, 15) is 4.79 Å². The van der Waals surface area contributed by atoms with Gasteiger partial charge >= 0.3 is 0 Å². The first kappa shape index (κ1) is 17.4. The lowest BCUT2D eigenvalue weighted by molar-refractivity contribution is -0.127. The summed E-state index contributed by atoms with van der Waals surface area (Å²) in [4.78, 5) is 14.1. The first-order valence-corrected chi connectivity index (χ1v) is 8.69. The van der Waals surface area contributed by atoms with Crippen molar-refractivity contribution in [1.29, 1.82) is 0 Å². The molecule has 0 spiro atoms. The Kier molecular flexibility index (Phi) is 5.04. The maximum absolute atomic E-state index is 12.3. The minimum atomic E-state index is 0.0336. The van der Waals surface area contributed by atoms with E-state index in [4.69, 9.17) is 0 Å². The molecule has 1 N–H and O–H groups in total. The monoisotopic (exact) mass is 338 g/mol. The third-order valence-electron chi connectivity index (χ3n) is 5.05. The molecule has 25 heavy (non-hydrogen) atoms. The molecule has 1 amide bonds. The van der Waals surface area contributed by atoms with E-state index >= 15 is 0 Å². The Morgan fingerprint density at radius 1 is 1.24 bits per heavy atom. The van der Waals surface area contributed by atoms with Crippen LogP contribution in [0.15, 0.2) is 36.4 Å². The molecule has 132 valence electrons. The van der Waals surface area contributed by atoms with Gasteiger partial charge in [0.2, 0.25) is 5.91 Å². The molecule has 2 atom stereocenters. The lowest BCUT2D eigenvalue weighted by Crippen LogP contribution is -2.35. The number of hydrogen-bond acceptors (Lipinski definition) is 3. The summed E-state index contributed by atoms with van der Waals surface area (Å²) < 4.78 is 1.90. The van der Waals surface area contributed by atoms with Gasteiger partial charge in [-0.05, 0) is 19.4 Å². The molecule has 1 aliphatic rings. The van der Waals surface area contributed by atoms with E-state index in [1.165, 1.54) is 11.1 Å². The van der Waals surface area contributed by atoms with Crippen LogP contribution in [0, 0.1) is 13.8 Å². The molecule has 0 bridgehead atoms. The summed E-state index contributed by atoms with van der Waals surface area (Å²) in [5.74, 6) is 0.178. The summed E-state index contributed by atoms with van der Waals surface area (Å²) >= 11 is 0. The minimum Gasteiger partial charge on any atom is -0.337 e. The van der Waals surface area contributed by atoms with Gasteiger partial charge in [0.05, 0.1) is 11.7 Å². The predicted molar refractivity (Wildman–Crippen MR) is 100 cm³/mol. The molecular weight excluding hydrogens is 312 g/mol. The van der Waals surface area contributed by atoms with Gasteiger partial charge in [-0.1, -0.05) is 42.5 Å². The van der Waals surface area contributed by atoms with Crippen LogP contribution in [-0.2, 0) is 11.8 Å². The maximum atomic E-state index is 12.3. The van der Waals surface area contributed by atoms with Crippen LogP contribution in [0.5, 0.6) is 0 Å². The van der Waals surface area contributed by atoms with Crippen LogP contribution < -0.4 is 5.32 Å². The quantitative estimate of drug-likeness (QED) is 0.912. The van der Waals surface area contributed by atoms with Crippen molar-refractivity contribution in [3.8, 4) is 0 Å². The summed E-state index contributed by atoms with van der Waals surface area (Å²) in [6.07, 6.45) is 4.73. The Bertz CT molecular complexity index is 778. The van der Waals surface area contributed by atoms with Gasteiger partial charge in [0, 0.05) is 44.4 Å². The Hall–Kier alpha value is -2.40. The molecule has 0 radical (unpaired) electrons. The normalized spacial score (nSPS) is 20.8. The molecule has 2 heterocycles. The van der Waals surface area contributed by atoms with Gasteiger partial charge in [-0.25, -0.2) is 0 Å². The van der Waals surface area contributed by atoms with Crippen LogP contribution in [-0.4, -0.2) is 40.2 Å². The number of carbonyl (C=O) groups excluding carboxylic acids is 1. The van der Waals surface area contributed by atoms with Crippen LogP contribution in [0.2, 0.25) is 0 Å². The van der Waals surface area contributed by atoms with Gasteiger partial charge in [0.15, 0.2) is 0 Å². The number of aromatic nitrogens is 2. The van der Waals surface area contributed by atoms with E-state index in [-0.39, 0.29) is 18.0 Å². The molecule has 1 aromatic heterocycles. The van der Waals surface area contributed by atoms with E-state index in [0.717, 1.165) is 17.9 Å². The summed E-state index contributed by atoms with van der Waals surface area (Å²) in [6.45, 7) is 4.82. The van der Waals surface area contributed by atoms with Crippen molar-refractivity contribution in [1.82, 2.24) is 20.0 Å². The molecule has 1 saturated heterocycles. The van der Waals surface area contributed by atoms with Gasteiger partial charge < -0.3 is 10.2 Å². The van der Waals surface area contributed by atoms with Crippen molar-refractivity contribution in [3.63, 3.8) is 0 Å². The van der Waals surface area contributed by atoms with E-state index in [2.05, 4.69) is 41.6 Å². The van der Waals surface area contributed by atoms with E-state index < -0.39 is 0 Å². The van der Waals surface area contributed by atoms with Crippen LogP contribution in [0.25, 0.3) is 6.08 Å². The summed E-state index contributed by atoms with van der Waals surface area (Å²) in [5.41, 5.74) is 4.47. The third kappa shape index (κ3) is 3.51. The molecular formula is C20H26N4O. The first-order valence-electron chi connectivity index (χ1n) is 8.69. The van der Waals surface area contributed by atoms with Crippen molar-refractivity contribution in [2.24, 2.45) is 7.05 Å². The number of rotatable bonds is 5. The fraction of sp³-hybridized carbons (Fsp3) is 0.400. The molecule has 0 unspecified atom stereocenters. The average molecular weight is 338 g/mol. The average Bonchev–Trinajstić information content (AvgIpc) is 3.01. The topological polar surface area (TPSA) is 50.2 Å². The van der Waals surface area contributed by atoms with Crippen LogP contribution >= 0.6 is 0 Å². The smallest absolute Gasteiger partial charge is 0.224 e. The lowest BCUT2D eigenvalue weighted by atomic mass is 9.98. The number of likely N-dealkylation sites (tertiary alicyclic amines) is 1. The second-order valence-electron chi connectivity index (χ2n) is 6.69. The lowest BCUT2D eigenvalue weighted by Gasteiger charge is -2.26. The number of nitrogens with one attached hydrogen (secondary N) is 1. The second kappa shape index (κ2) is 7.23. The second-order valence-corrected chi connectivity index (χ2v) is 6.69. The van der Waals surface area contributed by atoms with E-state index in [1.807, 2.05) is 48.8 Å². The SMILES string of the molecule is Cc1nn(C)c(C)c1[C@H]1[C@H](NC/C=C/c2ccccc2)CC(=O)N1C. The highest BCUT2D eigenvalue weighted by Crippen LogP contribution is 2.35.